The first kappa shape index (κ1) is 14.7. The summed E-state index contributed by atoms with van der Waals surface area (Å²) in [5.74, 6) is -2.53. The molecule has 3 N–H and O–H groups in total. The SMILES string of the molecule is CCNC1(C(N)=O)CCC(Oc2cccc(F)c2F)C1. The number of carbonyl (C=O) groups is 1. The Labute approximate surface area is 116 Å². The third kappa shape index (κ3) is 2.75. The number of primary amides is 1. The lowest BCUT2D eigenvalue weighted by Gasteiger charge is -2.26. The predicted molar refractivity (Wildman–Crippen MR) is 70.2 cm³/mol. The topological polar surface area (TPSA) is 64.3 Å². The Morgan fingerprint density at radius 3 is 2.95 bits per heavy atom. The van der Waals surface area contributed by atoms with E-state index in [1.54, 1.807) is 0 Å². The quantitative estimate of drug-likeness (QED) is 0.865. The molecule has 1 fully saturated rings. The van der Waals surface area contributed by atoms with Crippen molar-refractivity contribution in [1.82, 2.24) is 5.32 Å². The molecule has 0 radical (unpaired) electrons. The molecule has 0 aromatic heterocycles. The molecular formula is C14H18F2N2O2. The molecule has 1 aromatic rings. The van der Waals surface area contributed by atoms with Crippen LogP contribution in [-0.2, 0) is 4.79 Å². The minimum Gasteiger partial charge on any atom is -0.487 e. The second-order valence-electron chi connectivity index (χ2n) is 5.01. The van der Waals surface area contributed by atoms with E-state index in [4.69, 9.17) is 10.5 Å². The zero-order valence-electron chi connectivity index (χ0n) is 11.3. The van der Waals surface area contributed by atoms with Gasteiger partial charge in [0.05, 0.1) is 0 Å². The van der Waals surface area contributed by atoms with E-state index >= 15 is 0 Å². The van der Waals surface area contributed by atoms with Crippen molar-refractivity contribution in [2.24, 2.45) is 5.73 Å². The average molecular weight is 284 g/mol. The van der Waals surface area contributed by atoms with Crippen molar-refractivity contribution in [3.8, 4) is 5.75 Å². The molecule has 1 aliphatic rings. The van der Waals surface area contributed by atoms with Crippen molar-refractivity contribution in [2.45, 2.75) is 37.8 Å². The van der Waals surface area contributed by atoms with Crippen molar-refractivity contribution in [3.05, 3.63) is 29.8 Å². The van der Waals surface area contributed by atoms with E-state index in [0.29, 0.717) is 25.8 Å². The van der Waals surface area contributed by atoms with Crippen molar-refractivity contribution < 1.29 is 18.3 Å². The van der Waals surface area contributed by atoms with Crippen LogP contribution in [0.3, 0.4) is 0 Å². The van der Waals surface area contributed by atoms with Gasteiger partial charge < -0.3 is 15.8 Å². The van der Waals surface area contributed by atoms with Crippen LogP contribution in [0, 0.1) is 11.6 Å². The number of amides is 1. The van der Waals surface area contributed by atoms with Gasteiger partial charge in [-0.3, -0.25) is 4.79 Å². The van der Waals surface area contributed by atoms with E-state index in [1.807, 2.05) is 6.92 Å². The number of ether oxygens (including phenoxy) is 1. The molecule has 1 amide bonds. The van der Waals surface area contributed by atoms with Crippen LogP contribution < -0.4 is 15.8 Å². The normalized spacial score (nSPS) is 25.6. The van der Waals surface area contributed by atoms with Gasteiger partial charge in [-0.05, 0) is 31.5 Å². The zero-order valence-corrected chi connectivity index (χ0v) is 11.3. The van der Waals surface area contributed by atoms with Crippen LogP contribution in [0.15, 0.2) is 18.2 Å². The molecule has 0 bridgehead atoms. The van der Waals surface area contributed by atoms with Crippen LogP contribution in [0.1, 0.15) is 26.2 Å². The molecule has 1 aromatic carbocycles. The third-order valence-corrected chi connectivity index (χ3v) is 3.67. The lowest BCUT2D eigenvalue weighted by molar-refractivity contribution is -0.124. The van der Waals surface area contributed by atoms with Gasteiger partial charge >= 0.3 is 0 Å². The van der Waals surface area contributed by atoms with E-state index < -0.39 is 23.1 Å². The predicted octanol–water partition coefficient (Wildman–Crippen LogP) is 1.73. The number of hydrogen-bond acceptors (Lipinski definition) is 3. The van der Waals surface area contributed by atoms with E-state index in [-0.39, 0.29) is 11.9 Å². The van der Waals surface area contributed by atoms with Crippen molar-refractivity contribution in [1.29, 1.82) is 0 Å². The summed E-state index contributed by atoms with van der Waals surface area (Å²) in [4.78, 5) is 11.6. The number of hydrogen-bond donors (Lipinski definition) is 2. The maximum Gasteiger partial charge on any atom is 0.237 e. The van der Waals surface area contributed by atoms with Crippen molar-refractivity contribution >= 4 is 5.91 Å². The van der Waals surface area contributed by atoms with Gasteiger partial charge in [0.25, 0.3) is 0 Å². The van der Waals surface area contributed by atoms with E-state index in [9.17, 15) is 13.6 Å². The van der Waals surface area contributed by atoms with Crippen molar-refractivity contribution in [3.63, 3.8) is 0 Å². The Bertz CT molecular complexity index is 510. The number of carbonyl (C=O) groups excluding carboxylic acids is 1. The fourth-order valence-corrected chi connectivity index (χ4v) is 2.67. The molecule has 0 aliphatic heterocycles. The molecular weight excluding hydrogens is 266 g/mol. The molecule has 4 nitrogen and oxygen atoms in total. The Kier molecular flexibility index (Phi) is 4.23. The van der Waals surface area contributed by atoms with Crippen LogP contribution in [0.25, 0.3) is 0 Å². The third-order valence-electron chi connectivity index (χ3n) is 3.67. The fourth-order valence-electron chi connectivity index (χ4n) is 2.67. The molecule has 2 atom stereocenters. The molecule has 0 saturated heterocycles. The summed E-state index contributed by atoms with van der Waals surface area (Å²) in [7, 11) is 0. The molecule has 6 heteroatoms. The van der Waals surface area contributed by atoms with Crippen LogP contribution in [-0.4, -0.2) is 24.1 Å². The minimum absolute atomic E-state index is 0.133. The zero-order chi connectivity index (χ0) is 14.8. The van der Waals surface area contributed by atoms with Crippen molar-refractivity contribution in [2.75, 3.05) is 6.54 Å². The highest BCUT2D eigenvalue weighted by Crippen LogP contribution is 2.33. The second kappa shape index (κ2) is 5.75. The summed E-state index contributed by atoms with van der Waals surface area (Å²) < 4.78 is 32.1. The molecule has 2 rings (SSSR count). The second-order valence-corrected chi connectivity index (χ2v) is 5.01. The molecule has 1 aliphatic carbocycles. The standard InChI is InChI=1S/C14H18F2N2O2/c1-2-18-14(13(17)19)7-6-9(8-14)20-11-5-3-4-10(15)12(11)16/h3-5,9,18H,2,6-8H2,1H3,(H2,17,19). The molecule has 110 valence electrons. The molecule has 0 spiro atoms. The van der Waals surface area contributed by atoms with Gasteiger partial charge in [0.1, 0.15) is 11.6 Å². The molecule has 0 heterocycles. The van der Waals surface area contributed by atoms with Crippen LogP contribution in [0.4, 0.5) is 8.78 Å². The maximum atomic E-state index is 13.5. The average Bonchev–Trinajstić information content (AvgIpc) is 2.80. The molecule has 2 unspecified atom stereocenters. The first-order valence-corrected chi connectivity index (χ1v) is 6.64. The monoisotopic (exact) mass is 284 g/mol. The van der Waals surface area contributed by atoms with Gasteiger partial charge in [-0.25, -0.2) is 4.39 Å². The lowest BCUT2D eigenvalue weighted by Crippen LogP contribution is -2.54. The molecule has 20 heavy (non-hydrogen) atoms. The number of rotatable bonds is 5. The van der Waals surface area contributed by atoms with Crippen LogP contribution in [0.5, 0.6) is 5.75 Å². The minimum atomic E-state index is -1.01. The number of likely N-dealkylation sites (N-methyl/N-ethyl adjacent to an activating group) is 1. The highest BCUT2D eigenvalue weighted by molar-refractivity contribution is 5.85. The summed E-state index contributed by atoms with van der Waals surface area (Å²) in [5, 5.41) is 3.08. The van der Waals surface area contributed by atoms with Gasteiger partial charge in [-0.2, -0.15) is 4.39 Å². The number of halogens is 2. The van der Waals surface area contributed by atoms with E-state index in [1.165, 1.54) is 12.1 Å². The first-order valence-electron chi connectivity index (χ1n) is 6.64. The maximum absolute atomic E-state index is 13.5. The Morgan fingerprint density at radius 1 is 1.55 bits per heavy atom. The number of benzene rings is 1. The summed E-state index contributed by atoms with van der Waals surface area (Å²) in [5.41, 5.74) is 4.62. The Morgan fingerprint density at radius 2 is 2.30 bits per heavy atom. The van der Waals surface area contributed by atoms with Gasteiger partial charge in [0.2, 0.25) is 11.7 Å². The fraction of sp³-hybridized carbons (Fsp3) is 0.500. The van der Waals surface area contributed by atoms with E-state index in [2.05, 4.69) is 5.32 Å². The summed E-state index contributed by atoms with van der Waals surface area (Å²) in [6.45, 7) is 2.48. The number of nitrogens with two attached hydrogens (primary N) is 1. The van der Waals surface area contributed by atoms with Gasteiger partial charge in [-0.1, -0.05) is 13.0 Å². The largest absolute Gasteiger partial charge is 0.487 e. The van der Waals surface area contributed by atoms with Crippen LogP contribution in [0.2, 0.25) is 0 Å². The van der Waals surface area contributed by atoms with Gasteiger partial charge in [-0.15, -0.1) is 0 Å². The first-order chi connectivity index (χ1) is 9.48. The molecule has 1 saturated carbocycles. The lowest BCUT2D eigenvalue weighted by atomic mass is 9.96. The van der Waals surface area contributed by atoms with Gasteiger partial charge in [0.15, 0.2) is 11.6 Å². The highest BCUT2D eigenvalue weighted by atomic mass is 19.2. The van der Waals surface area contributed by atoms with E-state index in [0.717, 1.165) is 6.07 Å². The van der Waals surface area contributed by atoms with Gasteiger partial charge in [0, 0.05) is 6.42 Å². The Balaban J connectivity index is 2.09. The summed E-state index contributed by atoms with van der Waals surface area (Å²) in [6.07, 6.45) is 1.08. The number of nitrogens with one attached hydrogen (secondary N) is 1. The van der Waals surface area contributed by atoms with Crippen LogP contribution >= 0.6 is 0 Å². The smallest absolute Gasteiger partial charge is 0.237 e. The summed E-state index contributed by atoms with van der Waals surface area (Å²) >= 11 is 0. The Hall–Kier alpha value is -1.69. The summed E-state index contributed by atoms with van der Waals surface area (Å²) in [6, 6.07) is 3.79. The highest BCUT2D eigenvalue weighted by Gasteiger charge is 2.44.